The second-order valence-electron chi connectivity index (χ2n) is 7.42. The van der Waals surface area contributed by atoms with E-state index in [4.69, 9.17) is 9.47 Å². The highest BCUT2D eigenvalue weighted by Gasteiger charge is 2.42. The summed E-state index contributed by atoms with van der Waals surface area (Å²) in [7, 11) is 1.67. The third-order valence-electron chi connectivity index (χ3n) is 5.44. The van der Waals surface area contributed by atoms with E-state index >= 15 is 0 Å². The molecule has 0 aliphatic carbocycles. The topological polar surface area (TPSA) is 70.7 Å². The molecule has 1 spiro atoms. The van der Waals surface area contributed by atoms with Gasteiger partial charge in [0.05, 0.1) is 20.3 Å². The fourth-order valence-corrected chi connectivity index (χ4v) is 4.07. The maximum absolute atomic E-state index is 12.8. The van der Waals surface area contributed by atoms with E-state index in [1.165, 1.54) is 0 Å². The molecule has 7 heteroatoms. The van der Waals surface area contributed by atoms with Gasteiger partial charge >= 0.3 is 0 Å². The van der Waals surface area contributed by atoms with Crippen molar-refractivity contribution >= 4 is 11.6 Å². The number of ether oxygens (including phenoxy) is 2. The Bertz CT molecular complexity index is 800. The number of anilines is 1. The lowest BCUT2D eigenvalue weighted by molar-refractivity contribution is -0.105. The van der Waals surface area contributed by atoms with Crippen LogP contribution >= 0.6 is 0 Å². The smallest absolute Gasteiger partial charge is 0.274 e. The van der Waals surface area contributed by atoms with Gasteiger partial charge in [-0.1, -0.05) is 0 Å². The number of carbonyl (C=O) groups excluding carboxylic acids is 1. The predicted octanol–water partition coefficient (Wildman–Crippen LogP) is 2.24. The number of hydrogen-bond donors (Lipinski definition) is 1. The average Bonchev–Trinajstić information content (AvgIpc) is 3.14. The van der Waals surface area contributed by atoms with Crippen LogP contribution in [0.5, 0.6) is 5.75 Å². The van der Waals surface area contributed by atoms with Crippen molar-refractivity contribution < 1.29 is 14.3 Å². The molecule has 2 aliphatic heterocycles. The normalized spacial score (nSPS) is 22.9. The summed E-state index contributed by atoms with van der Waals surface area (Å²) in [5, 5.41) is 6.97. The van der Waals surface area contributed by atoms with Gasteiger partial charge in [-0.05, 0) is 50.1 Å². The Morgan fingerprint density at radius 1 is 1.26 bits per heavy atom. The SMILES string of the molecule is COc1ccc(N2CCCC3(CN(C(=O)c4cc(C)[nH]n4)CCO3)C2)cc1. The van der Waals surface area contributed by atoms with E-state index in [1.807, 2.05) is 24.0 Å². The molecule has 7 nitrogen and oxygen atoms in total. The first-order valence-electron chi connectivity index (χ1n) is 9.43. The lowest BCUT2D eigenvalue weighted by Crippen LogP contribution is -2.60. The molecular formula is C20H26N4O3. The molecule has 144 valence electrons. The molecule has 1 amide bonds. The highest BCUT2D eigenvalue weighted by atomic mass is 16.5. The van der Waals surface area contributed by atoms with Gasteiger partial charge in [0.15, 0.2) is 0 Å². The molecule has 1 aromatic carbocycles. The molecule has 2 aliphatic rings. The number of aromatic amines is 1. The number of methoxy groups -OCH3 is 1. The third kappa shape index (κ3) is 3.64. The van der Waals surface area contributed by atoms with Crippen molar-refractivity contribution in [2.24, 2.45) is 0 Å². The number of hydrogen-bond acceptors (Lipinski definition) is 5. The molecule has 0 radical (unpaired) electrons. The monoisotopic (exact) mass is 370 g/mol. The molecule has 1 unspecified atom stereocenters. The van der Waals surface area contributed by atoms with Crippen molar-refractivity contribution in [2.45, 2.75) is 25.4 Å². The number of nitrogens with one attached hydrogen (secondary N) is 1. The Morgan fingerprint density at radius 3 is 2.78 bits per heavy atom. The molecule has 27 heavy (non-hydrogen) atoms. The number of morpholine rings is 1. The first-order chi connectivity index (χ1) is 13.1. The van der Waals surface area contributed by atoms with Crippen molar-refractivity contribution in [3.8, 4) is 5.75 Å². The van der Waals surface area contributed by atoms with Crippen molar-refractivity contribution in [1.82, 2.24) is 15.1 Å². The fraction of sp³-hybridized carbons (Fsp3) is 0.500. The molecule has 1 aromatic heterocycles. The van der Waals surface area contributed by atoms with E-state index in [0.717, 1.165) is 43.1 Å². The van der Waals surface area contributed by atoms with Crippen molar-refractivity contribution in [3.05, 3.63) is 41.7 Å². The number of aromatic nitrogens is 2. The molecular weight excluding hydrogens is 344 g/mol. The lowest BCUT2D eigenvalue weighted by atomic mass is 9.90. The summed E-state index contributed by atoms with van der Waals surface area (Å²) in [5.74, 6) is 0.828. The Hall–Kier alpha value is -2.54. The molecule has 0 saturated carbocycles. The van der Waals surface area contributed by atoms with Gasteiger partial charge in [-0.15, -0.1) is 0 Å². The highest BCUT2D eigenvalue weighted by molar-refractivity contribution is 5.92. The lowest BCUT2D eigenvalue weighted by Gasteiger charge is -2.48. The van der Waals surface area contributed by atoms with Gasteiger partial charge in [0.2, 0.25) is 0 Å². The van der Waals surface area contributed by atoms with Crippen LogP contribution < -0.4 is 9.64 Å². The van der Waals surface area contributed by atoms with E-state index in [1.54, 1.807) is 13.2 Å². The van der Waals surface area contributed by atoms with E-state index in [0.29, 0.717) is 25.4 Å². The van der Waals surface area contributed by atoms with Gasteiger partial charge in [-0.25, -0.2) is 0 Å². The average molecular weight is 370 g/mol. The van der Waals surface area contributed by atoms with Crippen LogP contribution in [0.3, 0.4) is 0 Å². The van der Waals surface area contributed by atoms with Gasteiger partial charge in [-0.3, -0.25) is 9.89 Å². The summed E-state index contributed by atoms with van der Waals surface area (Å²) in [6, 6.07) is 9.92. The van der Waals surface area contributed by atoms with Crippen LogP contribution in [0.25, 0.3) is 0 Å². The number of rotatable bonds is 3. The number of amides is 1. The van der Waals surface area contributed by atoms with E-state index in [2.05, 4.69) is 27.2 Å². The predicted molar refractivity (Wildman–Crippen MR) is 102 cm³/mol. The zero-order valence-electron chi connectivity index (χ0n) is 15.9. The standard InChI is InChI=1S/C20H26N4O3/c1-15-12-18(22-21-15)19(25)24-10-11-27-20(14-24)8-3-9-23(13-20)16-4-6-17(26-2)7-5-16/h4-7,12H,3,8-11,13-14H2,1-2H3,(H,21,22). The fourth-order valence-electron chi connectivity index (χ4n) is 4.07. The number of H-pyrrole nitrogens is 1. The summed E-state index contributed by atoms with van der Waals surface area (Å²) >= 11 is 0. The van der Waals surface area contributed by atoms with Gasteiger partial charge in [-0.2, -0.15) is 5.10 Å². The van der Waals surface area contributed by atoms with Crippen molar-refractivity contribution in [1.29, 1.82) is 0 Å². The van der Waals surface area contributed by atoms with E-state index < -0.39 is 0 Å². The maximum atomic E-state index is 12.8. The maximum Gasteiger partial charge on any atom is 0.274 e. The largest absolute Gasteiger partial charge is 0.497 e. The number of carbonyl (C=O) groups is 1. The number of aryl methyl sites for hydroxylation is 1. The van der Waals surface area contributed by atoms with Crippen LogP contribution in [-0.4, -0.2) is 66.5 Å². The Kier molecular flexibility index (Phi) is 4.78. The molecule has 3 heterocycles. The van der Waals surface area contributed by atoms with E-state index in [9.17, 15) is 4.79 Å². The first-order valence-corrected chi connectivity index (χ1v) is 9.43. The number of nitrogens with zero attached hydrogens (tertiary/aromatic N) is 3. The molecule has 4 rings (SSSR count). The summed E-state index contributed by atoms with van der Waals surface area (Å²) in [5.41, 5.74) is 2.21. The summed E-state index contributed by atoms with van der Waals surface area (Å²) in [6.07, 6.45) is 2.00. The quantitative estimate of drug-likeness (QED) is 0.897. The van der Waals surface area contributed by atoms with Crippen LogP contribution in [0.1, 0.15) is 29.0 Å². The van der Waals surface area contributed by atoms with Gasteiger partial charge in [0.25, 0.3) is 5.91 Å². The van der Waals surface area contributed by atoms with Crippen LogP contribution in [0, 0.1) is 6.92 Å². The Labute approximate surface area is 159 Å². The minimum absolute atomic E-state index is 0.0244. The molecule has 2 saturated heterocycles. The highest BCUT2D eigenvalue weighted by Crippen LogP contribution is 2.32. The minimum Gasteiger partial charge on any atom is -0.497 e. The second kappa shape index (κ2) is 7.23. The minimum atomic E-state index is -0.322. The van der Waals surface area contributed by atoms with Crippen LogP contribution in [0.4, 0.5) is 5.69 Å². The summed E-state index contributed by atoms with van der Waals surface area (Å²) < 4.78 is 11.5. The van der Waals surface area contributed by atoms with Crippen LogP contribution in [0.2, 0.25) is 0 Å². The number of piperidine rings is 1. The molecule has 2 aromatic rings. The number of benzene rings is 1. The molecule has 1 N–H and O–H groups in total. The Morgan fingerprint density at radius 2 is 2.07 bits per heavy atom. The first kappa shape index (κ1) is 17.9. The van der Waals surface area contributed by atoms with Crippen LogP contribution in [-0.2, 0) is 4.74 Å². The zero-order chi connectivity index (χ0) is 18.9. The molecule has 2 fully saturated rings. The third-order valence-corrected chi connectivity index (χ3v) is 5.44. The molecule has 0 bridgehead atoms. The zero-order valence-corrected chi connectivity index (χ0v) is 15.9. The van der Waals surface area contributed by atoms with Gasteiger partial charge < -0.3 is 19.3 Å². The van der Waals surface area contributed by atoms with Gasteiger partial charge in [0.1, 0.15) is 17.0 Å². The van der Waals surface area contributed by atoms with Gasteiger partial charge in [0, 0.05) is 31.0 Å². The van der Waals surface area contributed by atoms with Crippen molar-refractivity contribution in [3.63, 3.8) is 0 Å². The molecule has 1 atom stereocenters. The van der Waals surface area contributed by atoms with Crippen LogP contribution in [0.15, 0.2) is 30.3 Å². The van der Waals surface area contributed by atoms with Crippen molar-refractivity contribution in [2.75, 3.05) is 44.8 Å². The van der Waals surface area contributed by atoms with E-state index in [-0.39, 0.29) is 11.5 Å². The Balaban J connectivity index is 1.48. The summed E-state index contributed by atoms with van der Waals surface area (Å²) in [4.78, 5) is 17.0. The summed E-state index contributed by atoms with van der Waals surface area (Å²) in [6.45, 7) is 5.44. The second-order valence-corrected chi connectivity index (χ2v) is 7.42.